The summed E-state index contributed by atoms with van der Waals surface area (Å²) in [6, 6.07) is 11.1. The number of benzene rings is 2. The number of carbonyl (C=O) groups is 1. The van der Waals surface area contributed by atoms with Crippen molar-refractivity contribution in [2.75, 3.05) is 19.6 Å². The molecule has 0 aromatic heterocycles. The van der Waals surface area contributed by atoms with Crippen LogP contribution in [0.1, 0.15) is 57.2 Å². The summed E-state index contributed by atoms with van der Waals surface area (Å²) in [7, 11) is 0. The molecule has 0 bridgehead atoms. The van der Waals surface area contributed by atoms with Crippen LogP contribution >= 0.6 is 0 Å². The van der Waals surface area contributed by atoms with Crippen molar-refractivity contribution in [1.82, 2.24) is 16.0 Å². The summed E-state index contributed by atoms with van der Waals surface area (Å²) >= 11 is 0. The van der Waals surface area contributed by atoms with E-state index in [9.17, 15) is 18.7 Å². The van der Waals surface area contributed by atoms with Crippen LogP contribution < -0.4 is 16.0 Å². The summed E-state index contributed by atoms with van der Waals surface area (Å²) < 4.78 is 27.4. The van der Waals surface area contributed by atoms with E-state index >= 15 is 0 Å². The summed E-state index contributed by atoms with van der Waals surface area (Å²) in [5.74, 6) is -1.68. The number of piperidine rings is 1. The van der Waals surface area contributed by atoms with Crippen LogP contribution in [0.5, 0.6) is 0 Å². The van der Waals surface area contributed by atoms with Crippen LogP contribution in [0.4, 0.5) is 8.78 Å². The monoisotopic (exact) mass is 473 g/mol. The van der Waals surface area contributed by atoms with Crippen molar-refractivity contribution >= 4 is 5.91 Å². The zero-order chi connectivity index (χ0) is 24.9. The molecule has 1 aliphatic rings. The lowest BCUT2D eigenvalue weighted by molar-refractivity contribution is -0.120. The Morgan fingerprint density at radius 2 is 1.88 bits per heavy atom. The van der Waals surface area contributed by atoms with Gasteiger partial charge >= 0.3 is 0 Å². The zero-order valence-electron chi connectivity index (χ0n) is 20.6. The third-order valence-corrected chi connectivity index (χ3v) is 6.55. The van der Waals surface area contributed by atoms with Gasteiger partial charge in [-0.1, -0.05) is 45.0 Å². The van der Waals surface area contributed by atoms with Gasteiger partial charge in [0.05, 0.1) is 17.7 Å². The highest BCUT2D eigenvalue weighted by Crippen LogP contribution is 2.32. The number of hydrogen-bond donors (Lipinski definition) is 4. The third-order valence-electron chi connectivity index (χ3n) is 6.55. The molecule has 0 radical (unpaired) electrons. The molecule has 0 saturated carbocycles. The van der Waals surface area contributed by atoms with Crippen LogP contribution in [-0.4, -0.2) is 42.8 Å². The van der Waals surface area contributed by atoms with Gasteiger partial charge in [0.2, 0.25) is 5.91 Å². The van der Waals surface area contributed by atoms with Crippen molar-refractivity contribution in [1.29, 1.82) is 0 Å². The van der Waals surface area contributed by atoms with E-state index in [0.717, 1.165) is 31.0 Å². The van der Waals surface area contributed by atoms with Gasteiger partial charge in [0.15, 0.2) is 0 Å². The molecule has 5 nitrogen and oxygen atoms in total. The number of halogens is 2. The first kappa shape index (κ1) is 26.3. The smallest absolute Gasteiger partial charge is 0.217 e. The predicted molar refractivity (Wildman–Crippen MR) is 131 cm³/mol. The largest absolute Gasteiger partial charge is 0.390 e. The fraction of sp³-hybridized carbons (Fsp3) is 0.519. The lowest BCUT2D eigenvalue weighted by Crippen LogP contribution is -2.57. The number of aliphatic hydroxyl groups excluding tert-OH is 1. The molecule has 4 N–H and O–H groups in total. The van der Waals surface area contributed by atoms with Gasteiger partial charge in [-0.05, 0) is 60.0 Å². The minimum Gasteiger partial charge on any atom is -0.390 e. The van der Waals surface area contributed by atoms with Gasteiger partial charge in [-0.25, -0.2) is 8.78 Å². The fourth-order valence-corrected chi connectivity index (χ4v) is 4.66. The van der Waals surface area contributed by atoms with Crippen molar-refractivity contribution in [3.05, 3.63) is 70.8 Å². The molecule has 2 aromatic rings. The number of hydrogen-bond acceptors (Lipinski definition) is 4. The van der Waals surface area contributed by atoms with Gasteiger partial charge < -0.3 is 21.1 Å². The van der Waals surface area contributed by atoms with Gasteiger partial charge in [0, 0.05) is 26.1 Å². The van der Waals surface area contributed by atoms with Crippen molar-refractivity contribution < 1.29 is 18.7 Å². The number of aliphatic hydroxyl groups is 1. The average molecular weight is 474 g/mol. The third kappa shape index (κ3) is 6.84. The molecule has 1 amide bonds. The van der Waals surface area contributed by atoms with E-state index in [0.29, 0.717) is 12.1 Å². The highest BCUT2D eigenvalue weighted by Gasteiger charge is 2.35. The summed E-state index contributed by atoms with van der Waals surface area (Å²) in [5, 5.41) is 20.8. The SMILES string of the molecule is CC(=O)N[C@@H](Cc1cc(F)cc(F)c1)[C@H](O)CNC1(c2cccc(C(C)(C)C)c2)CCCNC1. The fourth-order valence-electron chi connectivity index (χ4n) is 4.66. The minimum atomic E-state index is -0.958. The van der Waals surface area contributed by atoms with E-state index in [1.54, 1.807) is 0 Å². The molecule has 1 aliphatic heterocycles. The van der Waals surface area contributed by atoms with Crippen LogP contribution in [-0.2, 0) is 22.2 Å². The van der Waals surface area contributed by atoms with Crippen LogP contribution in [0, 0.1) is 11.6 Å². The Labute approximate surface area is 201 Å². The molecule has 2 aromatic carbocycles. The second-order valence-corrected chi connectivity index (χ2v) is 10.4. The van der Waals surface area contributed by atoms with Crippen LogP contribution in [0.25, 0.3) is 0 Å². The van der Waals surface area contributed by atoms with Crippen LogP contribution in [0.15, 0.2) is 42.5 Å². The molecule has 186 valence electrons. The molecule has 1 fully saturated rings. The van der Waals surface area contributed by atoms with E-state index < -0.39 is 23.8 Å². The first-order valence-corrected chi connectivity index (χ1v) is 12.0. The lowest BCUT2D eigenvalue weighted by Gasteiger charge is -2.41. The van der Waals surface area contributed by atoms with E-state index in [-0.39, 0.29) is 29.8 Å². The molecule has 1 heterocycles. The van der Waals surface area contributed by atoms with Crippen molar-refractivity contribution in [3.8, 4) is 0 Å². The Morgan fingerprint density at radius 1 is 1.18 bits per heavy atom. The molecule has 3 rings (SSSR count). The predicted octanol–water partition coefficient (Wildman–Crippen LogP) is 3.54. The lowest BCUT2D eigenvalue weighted by atomic mass is 9.79. The quantitative estimate of drug-likeness (QED) is 0.473. The van der Waals surface area contributed by atoms with Crippen LogP contribution in [0.3, 0.4) is 0 Å². The van der Waals surface area contributed by atoms with Crippen molar-refractivity contribution in [3.63, 3.8) is 0 Å². The Hall–Kier alpha value is -2.35. The molecular formula is C27H37F2N3O2. The normalized spacial score (nSPS) is 20.6. The molecular weight excluding hydrogens is 436 g/mol. The summed E-state index contributed by atoms with van der Waals surface area (Å²) in [4.78, 5) is 11.8. The molecule has 1 unspecified atom stereocenters. The standard InChI is InChI=1S/C27H37F2N3O2/c1-18(33)32-24(13-19-11-22(28)15-23(29)12-19)25(34)16-31-27(9-6-10-30-17-27)21-8-5-7-20(14-21)26(2,3)4/h5,7-8,11-12,14-15,24-25,30-31,34H,6,9-10,13,16-17H2,1-4H3,(H,32,33)/t24-,25+,27?/m0/s1. The number of amides is 1. The number of carbonyl (C=O) groups excluding carboxylic acids is 1. The van der Waals surface area contributed by atoms with Crippen molar-refractivity contribution in [2.45, 2.75) is 70.1 Å². The second kappa shape index (κ2) is 10.9. The maximum atomic E-state index is 13.7. The highest BCUT2D eigenvalue weighted by molar-refractivity contribution is 5.73. The van der Waals surface area contributed by atoms with E-state index in [2.05, 4.69) is 61.0 Å². The van der Waals surface area contributed by atoms with Gasteiger partial charge in [0.25, 0.3) is 0 Å². The van der Waals surface area contributed by atoms with Gasteiger partial charge in [0.1, 0.15) is 11.6 Å². The Balaban J connectivity index is 1.80. The van der Waals surface area contributed by atoms with E-state index in [1.165, 1.54) is 24.6 Å². The molecule has 3 atom stereocenters. The van der Waals surface area contributed by atoms with Gasteiger partial charge in [-0.2, -0.15) is 0 Å². The zero-order valence-corrected chi connectivity index (χ0v) is 20.6. The first-order valence-electron chi connectivity index (χ1n) is 12.0. The first-order chi connectivity index (χ1) is 16.0. The Bertz CT molecular complexity index is 964. The van der Waals surface area contributed by atoms with Crippen LogP contribution in [0.2, 0.25) is 0 Å². The molecule has 1 saturated heterocycles. The topological polar surface area (TPSA) is 73.4 Å². The maximum Gasteiger partial charge on any atom is 0.217 e. The molecule has 0 aliphatic carbocycles. The maximum absolute atomic E-state index is 13.7. The molecule has 0 spiro atoms. The molecule has 34 heavy (non-hydrogen) atoms. The summed E-state index contributed by atoms with van der Waals surface area (Å²) in [5.41, 5.74) is 2.41. The van der Waals surface area contributed by atoms with Gasteiger partial charge in [-0.3, -0.25) is 4.79 Å². The Kier molecular flexibility index (Phi) is 8.44. The summed E-state index contributed by atoms with van der Waals surface area (Å²) in [6.07, 6.45) is 1.04. The summed E-state index contributed by atoms with van der Waals surface area (Å²) in [6.45, 7) is 9.78. The minimum absolute atomic E-state index is 0.00947. The van der Waals surface area contributed by atoms with Gasteiger partial charge in [-0.15, -0.1) is 0 Å². The van der Waals surface area contributed by atoms with E-state index in [1.807, 2.05) is 0 Å². The number of nitrogens with one attached hydrogen (secondary N) is 3. The van der Waals surface area contributed by atoms with Crippen molar-refractivity contribution in [2.24, 2.45) is 0 Å². The average Bonchev–Trinajstić information content (AvgIpc) is 2.76. The molecule has 7 heteroatoms. The van der Waals surface area contributed by atoms with E-state index in [4.69, 9.17) is 0 Å². The Morgan fingerprint density at radius 3 is 2.47 bits per heavy atom. The second-order valence-electron chi connectivity index (χ2n) is 10.4. The number of rotatable bonds is 8. The highest BCUT2D eigenvalue weighted by atomic mass is 19.1.